The van der Waals surface area contributed by atoms with Crippen molar-refractivity contribution in [3.05, 3.63) is 124 Å². The highest BCUT2D eigenvalue weighted by Gasteiger charge is 2.40. The molecule has 3 atom stereocenters. The van der Waals surface area contributed by atoms with Crippen LogP contribution in [0.1, 0.15) is 77.6 Å². The van der Waals surface area contributed by atoms with Crippen molar-refractivity contribution in [2.24, 2.45) is 0 Å². The third kappa shape index (κ3) is 15.2. The number of hydrogen-bond acceptors (Lipinski definition) is 16. The van der Waals surface area contributed by atoms with Crippen molar-refractivity contribution in [1.82, 2.24) is 4.90 Å². The average Bonchev–Trinajstić information content (AvgIpc) is 3.44. The Morgan fingerprint density at radius 1 is 0.566 bits per heavy atom. The fourth-order valence-corrected chi connectivity index (χ4v) is 10.5. The summed E-state index contributed by atoms with van der Waals surface area (Å²) in [6, 6.07) is 27.5. The normalized spacial score (nSPS) is 16.9. The Hall–Kier alpha value is -6.73. The zero-order chi connectivity index (χ0) is 54.8. The number of likely N-dealkylation sites (N-methyl/N-ethyl adjacent to an activating group) is 1. The van der Waals surface area contributed by atoms with Gasteiger partial charge in [0.25, 0.3) is 0 Å². The number of quaternary nitrogens is 1. The van der Waals surface area contributed by atoms with Crippen LogP contribution in [0.5, 0.6) is 46.0 Å². The maximum atomic E-state index is 13.2. The van der Waals surface area contributed by atoms with E-state index >= 15 is 0 Å². The predicted octanol–water partition coefficient (Wildman–Crippen LogP) is 8.51. The van der Waals surface area contributed by atoms with Gasteiger partial charge in [0, 0.05) is 37.5 Å². The number of carbonyl (C=O) groups is 2. The van der Waals surface area contributed by atoms with Crippen molar-refractivity contribution in [2.45, 2.75) is 74.8 Å². The number of nitrogens with zero attached hydrogens (tertiary/aromatic N) is 2. The lowest BCUT2D eigenvalue weighted by atomic mass is 9.86. The maximum Gasteiger partial charge on any atom is 0.311 e. The Bertz CT molecular complexity index is 2830. The zero-order valence-corrected chi connectivity index (χ0v) is 46.2. The molecule has 2 aliphatic rings. The number of benzene rings is 5. The SMILES string of the molecule is COc1ccc(C[C@@H]2c3cc(OC)c(OC)cc3CCN2CCC(=O)OCCCCCOC(=O)CC[N@+]2(C)CCc3cc(OC)c(OC)cc3[C@@H]2Cc2ccc(OC)c(OC)c2)cc1OC.O=S(=O)([O-])c1ccccc1. The van der Waals surface area contributed by atoms with Crippen LogP contribution < -0.4 is 37.9 Å². The van der Waals surface area contributed by atoms with Crippen LogP contribution in [-0.4, -0.2) is 138 Å². The standard InChI is InChI=1S/C52H69N2O12.C6H6O3S/c1-54(23-19-38-32-48(62-7)50(64-9)34-40(38)42(54)28-36-14-16-44(58-3)46(30-36)60-5)24-20-52(56)66-26-12-10-11-25-65-51(55)18-22-53-21-17-37-31-47(61-6)49(63-8)33-39(37)41(53)27-35-13-15-43(57-2)45(29-35)59-4;7-10(8,9)6-4-2-1-3-5-6/h13-16,29-34,41-42H,10-12,17-28H2,1-9H3;1-5H,(H,7,8,9)/q+1;/p-1/t41-,42+,54+;/m1./s1. The van der Waals surface area contributed by atoms with Crippen molar-refractivity contribution < 1.29 is 74.4 Å². The quantitative estimate of drug-likeness (QED) is 0.0234. The largest absolute Gasteiger partial charge is 0.744 e. The second-order valence-corrected chi connectivity index (χ2v) is 20.2. The van der Waals surface area contributed by atoms with Gasteiger partial charge in [0.1, 0.15) is 16.2 Å². The fourth-order valence-electron chi connectivity index (χ4n) is 10.0. The number of carbonyl (C=O) groups excluding carboxylic acids is 2. The van der Waals surface area contributed by atoms with Gasteiger partial charge in [-0.3, -0.25) is 14.5 Å². The van der Waals surface area contributed by atoms with Gasteiger partial charge in [-0.2, -0.15) is 0 Å². The molecule has 0 aliphatic carbocycles. The highest BCUT2D eigenvalue weighted by Crippen LogP contribution is 2.44. The van der Waals surface area contributed by atoms with Crippen molar-refractivity contribution in [3.63, 3.8) is 0 Å². The Morgan fingerprint density at radius 3 is 1.55 bits per heavy atom. The number of methoxy groups -OCH3 is 8. The van der Waals surface area contributed by atoms with Crippen molar-refractivity contribution in [1.29, 1.82) is 0 Å². The molecule has 0 N–H and O–H groups in total. The van der Waals surface area contributed by atoms with Crippen LogP contribution in [0.15, 0.2) is 95.9 Å². The Labute approximate surface area is 448 Å². The van der Waals surface area contributed by atoms with Crippen LogP contribution in [0.3, 0.4) is 0 Å². The molecule has 0 aromatic heterocycles. The van der Waals surface area contributed by atoms with Gasteiger partial charge in [0.05, 0.1) is 108 Å². The lowest BCUT2D eigenvalue weighted by molar-refractivity contribution is -0.940. The molecule has 76 heavy (non-hydrogen) atoms. The Balaban J connectivity index is 0.000000839. The monoisotopic (exact) mass is 1070 g/mol. The summed E-state index contributed by atoms with van der Waals surface area (Å²) < 4.78 is 87.8. The number of hydrogen-bond donors (Lipinski definition) is 0. The molecular formula is C58H74N2O15S. The van der Waals surface area contributed by atoms with E-state index in [0.29, 0.717) is 102 Å². The van der Waals surface area contributed by atoms with Gasteiger partial charge in [-0.05, 0) is 121 Å². The van der Waals surface area contributed by atoms with Crippen LogP contribution in [0.2, 0.25) is 0 Å². The first-order valence-electron chi connectivity index (χ1n) is 25.4. The number of rotatable bonds is 25. The van der Waals surface area contributed by atoms with Gasteiger partial charge in [-0.1, -0.05) is 30.3 Å². The highest BCUT2D eigenvalue weighted by atomic mass is 32.2. The summed E-state index contributed by atoms with van der Waals surface area (Å²) in [5, 5.41) is 0. The van der Waals surface area contributed by atoms with E-state index in [1.54, 1.807) is 62.9 Å². The molecule has 17 nitrogen and oxygen atoms in total. The molecule has 5 aromatic rings. The van der Waals surface area contributed by atoms with Crippen molar-refractivity contribution >= 4 is 22.1 Å². The molecule has 7 rings (SSSR count). The van der Waals surface area contributed by atoms with E-state index in [0.717, 1.165) is 55.5 Å². The summed E-state index contributed by atoms with van der Waals surface area (Å²) in [4.78, 5) is 28.4. The molecule has 0 amide bonds. The number of unbranched alkanes of at least 4 members (excludes halogenated alkanes) is 2. The van der Waals surface area contributed by atoms with Gasteiger partial charge < -0.3 is 56.4 Å². The summed E-state index contributed by atoms with van der Waals surface area (Å²) in [6.07, 6.45) is 5.77. The number of ether oxygens (including phenoxy) is 10. The first-order valence-corrected chi connectivity index (χ1v) is 26.8. The molecule has 5 aromatic carbocycles. The third-order valence-corrected chi connectivity index (χ3v) is 15.1. The molecular weight excluding hydrogens is 997 g/mol. The van der Waals surface area contributed by atoms with E-state index in [1.807, 2.05) is 24.3 Å². The van der Waals surface area contributed by atoms with Crippen LogP contribution in [0.25, 0.3) is 0 Å². The molecule has 2 aliphatic heterocycles. The van der Waals surface area contributed by atoms with Gasteiger partial charge in [-0.25, -0.2) is 8.42 Å². The van der Waals surface area contributed by atoms with E-state index in [4.69, 9.17) is 47.4 Å². The van der Waals surface area contributed by atoms with Gasteiger partial charge >= 0.3 is 11.9 Å². The van der Waals surface area contributed by atoms with Gasteiger partial charge in [0.15, 0.2) is 46.0 Å². The molecule has 0 saturated carbocycles. The van der Waals surface area contributed by atoms with E-state index in [9.17, 15) is 22.6 Å². The fraction of sp³-hybridized carbons (Fsp3) is 0.448. The van der Waals surface area contributed by atoms with E-state index in [1.165, 1.54) is 41.0 Å². The molecule has 2 heterocycles. The molecule has 0 unspecified atom stereocenters. The summed E-state index contributed by atoms with van der Waals surface area (Å²) in [7, 11) is 11.1. The van der Waals surface area contributed by atoms with Crippen LogP contribution in [-0.2, 0) is 54.9 Å². The molecule has 0 saturated heterocycles. The second-order valence-electron chi connectivity index (χ2n) is 18.9. The van der Waals surface area contributed by atoms with E-state index in [-0.39, 0.29) is 35.3 Å². The second kappa shape index (κ2) is 27.9. The summed E-state index contributed by atoms with van der Waals surface area (Å²) in [5.74, 6) is 5.01. The minimum Gasteiger partial charge on any atom is -0.744 e. The third-order valence-electron chi connectivity index (χ3n) is 14.3. The minimum absolute atomic E-state index is 0.0116. The molecule has 412 valence electrons. The minimum atomic E-state index is -4.25. The molecule has 0 bridgehead atoms. The maximum absolute atomic E-state index is 13.2. The Kier molecular flexibility index (Phi) is 21.5. The molecule has 0 fully saturated rings. The van der Waals surface area contributed by atoms with Crippen LogP contribution >= 0.6 is 0 Å². The summed E-state index contributed by atoms with van der Waals surface area (Å²) in [5.41, 5.74) is 6.93. The molecule has 0 spiro atoms. The summed E-state index contributed by atoms with van der Waals surface area (Å²) >= 11 is 0. The van der Waals surface area contributed by atoms with Gasteiger partial charge in [-0.15, -0.1) is 0 Å². The molecule has 0 radical (unpaired) electrons. The number of fused-ring (bicyclic) bond motifs is 2. The van der Waals surface area contributed by atoms with E-state index < -0.39 is 10.1 Å². The first kappa shape index (κ1) is 58.5. The first-order chi connectivity index (χ1) is 36.6. The Morgan fingerprint density at radius 2 is 1.04 bits per heavy atom. The lowest BCUT2D eigenvalue weighted by Crippen LogP contribution is -2.53. The average molecular weight is 1070 g/mol. The highest BCUT2D eigenvalue weighted by molar-refractivity contribution is 7.85. The molecule has 18 heteroatoms. The zero-order valence-electron chi connectivity index (χ0n) is 45.3. The predicted molar refractivity (Wildman–Crippen MR) is 285 cm³/mol. The summed E-state index contributed by atoms with van der Waals surface area (Å²) in [6.45, 7) is 3.43. The van der Waals surface area contributed by atoms with Crippen LogP contribution in [0.4, 0.5) is 0 Å². The van der Waals surface area contributed by atoms with Crippen molar-refractivity contribution in [2.75, 3.05) is 103 Å². The topological polar surface area (TPSA) is 187 Å². The lowest BCUT2D eigenvalue weighted by Gasteiger charge is -2.46. The van der Waals surface area contributed by atoms with E-state index in [2.05, 4.69) is 48.3 Å². The van der Waals surface area contributed by atoms with Crippen molar-refractivity contribution in [3.8, 4) is 46.0 Å². The van der Waals surface area contributed by atoms with Gasteiger partial charge in [0.2, 0.25) is 0 Å². The number of esters is 2. The van der Waals surface area contributed by atoms with Crippen LogP contribution in [0, 0.1) is 0 Å². The smallest absolute Gasteiger partial charge is 0.311 e.